The number of benzene rings is 1. The van der Waals surface area contributed by atoms with Crippen LogP contribution in [0.2, 0.25) is 0 Å². The van der Waals surface area contributed by atoms with E-state index >= 15 is 0 Å². The van der Waals surface area contributed by atoms with Gasteiger partial charge >= 0.3 is 0 Å². The summed E-state index contributed by atoms with van der Waals surface area (Å²) in [6, 6.07) is 4.29. The number of anilines is 1. The van der Waals surface area contributed by atoms with Crippen LogP contribution in [-0.4, -0.2) is 17.0 Å². The molecule has 0 fully saturated rings. The van der Waals surface area contributed by atoms with E-state index in [2.05, 4.69) is 48.2 Å². The maximum Gasteiger partial charge on any atom is 0.200 e. The van der Waals surface area contributed by atoms with E-state index < -0.39 is 0 Å². The Labute approximate surface area is 95.9 Å². The van der Waals surface area contributed by atoms with E-state index in [0.29, 0.717) is 0 Å². The fraction of sp³-hybridized carbons (Fsp3) is 0.308. The quantitative estimate of drug-likeness (QED) is 0.808. The molecule has 0 radical (unpaired) electrons. The van der Waals surface area contributed by atoms with E-state index in [1.807, 2.05) is 13.2 Å². The zero-order valence-corrected chi connectivity index (χ0v) is 10.2. The molecule has 1 heterocycles. The summed E-state index contributed by atoms with van der Waals surface area (Å²) in [7, 11) is 1.86. The molecular formula is C13H17N3. The van der Waals surface area contributed by atoms with Crippen LogP contribution in [-0.2, 0) is 0 Å². The molecule has 0 spiro atoms. The predicted molar refractivity (Wildman–Crippen MR) is 67.8 cm³/mol. The third-order valence-corrected chi connectivity index (χ3v) is 3.16. The summed E-state index contributed by atoms with van der Waals surface area (Å²) < 4.78 is 0. The Kier molecular flexibility index (Phi) is 2.69. The molecule has 2 N–H and O–H groups in total. The lowest BCUT2D eigenvalue weighted by atomic mass is 9.97. The minimum atomic E-state index is 0.799. The van der Waals surface area contributed by atoms with Gasteiger partial charge in [0.15, 0.2) is 5.95 Å². The van der Waals surface area contributed by atoms with Crippen molar-refractivity contribution in [3.8, 4) is 11.3 Å². The monoisotopic (exact) mass is 215 g/mol. The van der Waals surface area contributed by atoms with Crippen LogP contribution in [0.5, 0.6) is 0 Å². The van der Waals surface area contributed by atoms with Crippen LogP contribution in [0.15, 0.2) is 18.3 Å². The van der Waals surface area contributed by atoms with Crippen LogP contribution in [0, 0.1) is 20.8 Å². The van der Waals surface area contributed by atoms with Crippen LogP contribution in [0.25, 0.3) is 11.3 Å². The highest BCUT2D eigenvalue weighted by Crippen LogP contribution is 2.26. The number of H-pyrrole nitrogens is 1. The summed E-state index contributed by atoms with van der Waals surface area (Å²) in [5.41, 5.74) is 6.26. The summed E-state index contributed by atoms with van der Waals surface area (Å²) >= 11 is 0. The van der Waals surface area contributed by atoms with Crippen molar-refractivity contribution in [3.63, 3.8) is 0 Å². The van der Waals surface area contributed by atoms with Gasteiger partial charge in [-0.15, -0.1) is 0 Å². The zero-order valence-electron chi connectivity index (χ0n) is 10.2. The van der Waals surface area contributed by atoms with E-state index in [1.54, 1.807) is 0 Å². The molecule has 0 atom stereocenters. The second kappa shape index (κ2) is 4.00. The maximum atomic E-state index is 4.24. The average Bonchev–Trinajstić information content (AvgIpc) is 2.74. The maximum absolute atomic E-state index is 4.24. The number of aromatic amines is 1. The van der Waals surface area contributed by atoms with Crippen LogP contribution in [0.4, 0.5) is 5.95 Å². The number of nitrogens with one attached hydrogen (secondary N) is 2. The first-order valence-electron chi connectivity index (χ1n) is 5.43. The SMILES string of the molecule is CNc1ncc(-c2ccc(C)c(C)c2C)[nH]1. The van der Waals surface area contributed by atoms with Gasteiger partial charge in [-0.3, -0.25) is 0 Å². The Balaban J connectivity index is 2.52. The van der Waals surface area contributed by atoms with Gasteiger partial charge in [0.25, 0.3) is 0 Å². The molecule has 2 rings (SSSR count). The highest BCUT2D eigenvalue weighted by atomic mass is 15.1. The van der Waals surface area contributed by atoms with Gasteiger partial charge in [0.05, 0.1) is 11.9 Å². The number of imidazole rings is 1. The summed E-state index contributed by atoms with van der Waals surface area (Å²) in [4.78, 5) is 7.48. The van der Waals surface area contributed by atoms with Gasteiger partial charge in [-0.2, -0.15) is 0 Å². The van der Waals surface area contributed by atoms with Gasteiger partial charge in [0, 0.05) is 12.6 Å². The molecule has 0 bridgehead atoms. The number of aryl methyl sites for hydroxylation is 1. The lowest BCUT2D eigenvalue weighted by Crippen LogP contribution is -1.92. The van der Waals surface area contributed by atoms with Crippen molar-refractivity contribution in [1.82, 2.24) is 9.97 Å². The summed E-state index contributed by atoms with van der Waals surface area (Å²) in [6.07, 6.45) is 1.86. The van der Waals surface area contributed by atoms with Crippen LogP contribution in [0.3, 0.4) is 0 Å². The Bertz CT molecular complexity index is 512. The van der Waals surface area contributed by atoms with Crippen LogP contribution < -0.4 is 5.32 Å². The van der Waals surface area contributed by atoms with Gasteiger partial charge in [0.2, 0.25) is 0 Å². The standard InChI is InChI=1S/C13H17N3/c1-8-5-6-11(10(3)9(8)2)12-7-15-13(14-4)16-12/h5-7H,1-4H3,(H2,14,15,16). The molecule has 1 aromatic carbocycles. The van der Waals surface area contributed by atoms with Gasteiger partial charge in [0.1, 0.15) is 0 Å². The first kappa shape index (κ1) is 10.7. The van der Waals surface area contributed by atoms with Crippen molar-refractivity contribution in [1.29, 1.82) is 0 Å². The van der Waals surface area contributed by atoms with Crippen molar-refractivity contribution in [2.45, 2.75) is 20.8 Å². The highest BCUT2D eigenvalue weighted by Gasteiger charge is 2.08. The highest BCUT2D eigenvalue weighted by molar-refractivity contribution is 5.66. The predicted octanol–water partition coefficient (Wildman–Crippen LogP) is 3.04. The molecule has 0 aliphatic carbocycles. The largest absolute Gasteiger partial charge is 0.359 e. The lowest BCUT2D eigenvalue weighted by Gasteiger charge is -2.09. The molecule has 0 amide bonds. The number of hydrogen-bond donors (Lipinski definition) is 2. The van der Waals surface area contributed by atoms with Crippen molar-refractivity contribution in [3.05, 3.63) is 35.0 Å². The molecule has 2 aromatic rings. The van der Waals surface area contributed by atoms with Gasteiger partial charge in [-0.1, -0.05) is 12.1 Å². The smallest absolute Gasteiger partial charge is 0.200 e. The van der Waals surface area contributed by atoms with Crippen molar-refractivity contribution in [2.75, 3.05) is 12.4 Å². The van der Waals surface area contributed by atoms with Gasteiger partial charge in [-0.25, -0.2) is 4.98 Å². The fourth-order valence-electron chi connectivity index (χ4n) is 1.83. The first-order valence-corrected chi connectivity index (χ1v) is 5.43. The van der Waals surface area contributed by atoms with E-state index in [0.717, 1.165) is 11.6 Å². The van der Waals surface area contributed by atoms with E-state index in [-0.39, 0.29) is 0 Å². The molecule has 0 saturated heterocycles. The molecule has 84 valence electrons. The number of hydrogen-bond acceptors (Lipinski definition) is 2. The van der Waals surface area contributed by atoms with Gasteiger partial charge in [-0.05, 0) is 37.5 Å². The molecule has 3 nitrogen and oxygen atoms in total. The van der Waals surface area contributed by atoms with Crippen molar-refractivity contribution >= 4 is 5.95 Å². The van der Waals surface area contributed by atoms with E-state index in [9.17, 15) is 0 Å². The topological polar surface area (TPSA) is 40.7 Å². The zero-order chi connectivity index (χ0) is 11.7. The summed E-state index contributed by atoms with van der Waals surface area (Å²) in [6.45, 7) is 6.44. The first-order chi connectivity index (χ1) is 7.63. The van der Waals surface area contributed by atoms with E-state index in [1.165, 1.54) is 22.3 Å². The Morgan fingerprint density at radius 1 is 1.12 bits per heavy atom. The molecule has 0 aliphatic heterocycles. The average molecular weight is 215 g/mol. The van der Waals surface area contributed by atoms with Crippen LogP contribution in [0.1, 0.15) is 16.7 Å². The Morgan fingerprint density at radius 3 is 2.50 bits per heavy atom. The van der Waals surface area contributed by atoms with Crippen molar-refractivity contribution < 1.29 is 0 Å². The summed E-state index contributed by atoms with van der Waals surface area (Å²) in [5.74, 6) is 0.799. The minimum absolute atomic E-state index is 0.799. The van der Waals surface area contributed by atoms with Crippen molar-refractivity contribution in [2.24, 2.45) is 0 Å². The molecule has 0 aliphatic rings. The second-order valence-electron chi connectivity index (χ2n) is 4.08. The van der Waals surface area contributed by atoms with E-state index in [4.69, 9.17) is 0 Å². The molecule has 3 heteroatoms. The summed E-state index contributed by atoms with van der Waals surface area (Å²) in [5, 5.41) is 3.00. The van der Waals surface area contributed by atoms with Gasteiger partial charge < -0.3 is 10.3 Å². The minimum Gasteiger partial charge on any atom is -0.359 e. The second-order valence-corrected chi connectivity index (χ2v) is 4.08. The third kappa shape index (κ3) is 1.69. The molecule has 1 aromatic heterocycles. The fourth-order valence-corrected chi connectivity index (χ4v) is 1.83. The molecule has 0 saturated carbocycles. The third-order valence-electron chi connectivity index (χ3n) is 3.16. The van der Waals surface area contributed by atoms with Crippen LogP contribution >= 0.6 is 0 Å². The lowest BCUT2D eigenvalue weighted by molar-refractivity contribution is 1.24. The Hall–Kier alpha value is -1.77. The molecule has 0 unspecified atom stereocenters. The number of rotatable bonds is 2. The Morgan fingerprint density at radius 2 is 1.88 bits per heavy atom. The number of aromatic nitrogens is 2. The normalized spacial score (nSPS) is 10.5. The molecular weight excluding hydrogens is 198 g/mol. The molecule has 16 heavy (non-hydrogen) atoms. The number of nitrogens with zero attached hydrogens (tertiary/aromatic N) is 1.